The van der Waals surface area contributed by atoms with Gasteiger partial charge in [-0.15, -0.1) is 11.8 Å². The number of ketones is 1. The number of thioether (sulfide) groups is 2. The van der Waals surface area contributed by atoms with Crippen molar-refractivity contribution in [3.8, 4) is 0 Å². The van der Waals surface area contributed by atoms with Gasteiger partial charge in [0.05, 0.1) is 18.7 Å². The van der Waals surface area contributed by atoms with Crippen molar-refractivity contribution in [3.05, 3.63) is 11.3 Å². The average molecular weight is 457 g/mol. The van der Waals surface area contributed by atoms with Gasteiger partial charge >= 0.3 is 11.9 Å². The molecule has 2 atom stereocenters. The summed E-state index contributed by atoms with van der Waals surface area (Å²) >= 11 is 2.48. The number of amides is 2. The first-order chi connectivity index (χ1) is 14.3. The number of aliphatic carboxylic acids is 1. The van der Waals surface area contributed by atoms with Gasteiger partial charge in [0.15, 0.2) is 11.0 Å². The van der Waals surface area contributed by atoms with Crippen LogP contribution in [-0.4, -0.2) is 87.3 Å². The Hall–Kier alpha value is -2.54. The van der Waals surface area contributed by atoms with Crippen molar-refractivity contribution in [1.29, 1.82) is 0 Å². The fraction of sp³-hybridized carbons (Fsp3) is 0.529. The lowest BCUT2D eigenvalue weighted by molar-refractivity contribution is -0.151. The zero-order valence-electron chi connectivity index (χ0n) is 16.0. The number of Topliss-reactive ketones (excluding diaryl/α,β-unsaturated/α-hetero) is 1. The number of nitrogens with zero attached hydrogens (tertiary/aromatic N) is 2. The van der Waals surface area contributed by atoms with Crippen molar-refractivity contribution in [3.63, 3.8) is 0 Å². The Bertz CT molecular complexity index is 857. The van der Waals surface area contributed by atoms with Crippen LogP contribution in [0.25, 0.3) is 0 Å². The number of hydrogen-bond donors (Lipinski definition) is 3. The second-order valence-corrected chi connectivity index (χ2v) is 8.68. The van der Waals surface area contributed by atoms with E-state index < -0.39 is 35.2 Å². The number of amidine groups is 1. The lowest BCUT2D eigenvalue weighted by Gasteiger charge is -2.49. The van der Waals surface area contributed by atoms with Crippen molar-refractivity contribution in [2.75, 3.05) is 31.2 Å². The van der Waals surface area contributed by atoms with Gasteiger partial charge in [-0.3, -0.25) is 29.1 Å². The Morgan fingerprint density at radius 2 is 2.17 bits per heavy atom. The second-order valence-electron chi connectivity index (χ2n) is 6.61. The number of hydrogen-bond acceptors (Lipinski definition) is 10. The number of esters is 1. The molecule has 0 radical (unpaired) electrons. The molecule has 0 aromatic rings. The van der Waals surface area contributed by atoms with Gasteiger partial charge < -0.3 is 20.5 Å². The predicted molar refractivity (Wildman–Crippen MR) is 109 cm³/mol. The molecule has 0 saturated carbocycles. The number of nitrogens with one attached hydrogen (secondary N) is 2. The Morgan fingerprint density at radius 3 is 2.80 bits per heavy atom. The van der Waals surface area contributed by atoms with Gasteiger partial charge in [-0.05, 0) is 0 Å². The number of aliphatic imine (C=N–C) groups is 1. The number of carbonyl (C=O) groups excluding carboxylic acids is 4. The number of carboxylic acid groups (broad SMARTS) is 1. The molecule has 30 heavy (non-hydrogen) atoms. The Kier molecular flexibility index (Phi) is 7.02. The zero-order chi connectivity index (χ0) is 21.8. The maximum absolute atomic E-state index is 12.5. The highest BCUT2D eigenvalue weighted by Gasteiger charge is 2.54. The summed E-state index contributed by atoms with van der Waals surface area (Å²) in [5.41, 5.74) is 0.0838. The van der Waals surface area contributed by atoms with Crippen LogP contribution in [0, 0.1) is 0 Å². The van der Waals surface area contributed by atoms with E-state index in [4.69, 9.17) is 4.74 Å². The topological polar surface area (TPSA) is 154 Å². The number of fused-ring (bicyclic) bond motifs is 1. The third-order valence-electron chi connectivity index (χ3n) is 4.39. The molecule has 3 heterocycles. The van der Waals surface area contributed by atoms with Crippen LogP contribution in [0.3, 0.4) is 0 Å². The normalized spacial score (nSPS) is 22.5. The number of rotatable bonds is 8. The third-order valence-corrected chi connectivity index (χ3v) is 6.74. The Morgan fingerprint density at radius 1 is 1.40 bits per heavy atom. The van der Waals surface area contributed by atoms with E-state index in [1.807, 2.05) is 0 Å². The van der Waals surface area contributed by atoms with Crippen molar-refractivity contribution in [1.82, 2.24) is 15.5 Å². The van der Waals surface area contributed by atoms with Gasteiger partial charge in [0.25, 0.3) is 5.91 Å². The average Bonchev–Trinajstić information content (AvgIpc) is 3.21. The van der Waals surface area contributed by atoms with Crippen molar-refractivity contribution in [2.45, 2.75) is 24.8 Å². The molecule has 11 nitrogen and oxygen atoms in total. The molecule has 2 amide bonds. The fourth-order valence-corrected chi connectivity index (χ4v) is 5.17. The first-order valence-corrected chi connectivity index (χ1v) is 11.1. The first kappa shape index (κ1) is 22.2. The monoisotopic (exact) mass is 456 g/mol. The van der Waals surface area contributed by atoms with Gasteiger partial charge in [-0.25, -0.2) is 4.79 Å². The standard InChI is InChI=1S/C17H20N4O7S2/c1-8(22)28-5-9-6-29-15-12(14(25)21(15)13(9)16(26)27)20-11(24)4-10(23)7-30-17-18-2-3-19-17/h12,15H,2-7H2,1H3,(H,18,19)(H,20,24)(H,26,27)/t12?,15-/m0/s1. The highest BCUT2D eigenvalue weighted by atomic mass is 32.2. The molecule has 0 aromatic carbocycles. The van der Waals surface area contributed by atoms with Gasteiger partial charge in [-0.1, -0.05) is 11.8 Å². The minimum Gasteiger partial charge on any atom is -0.477 e. The van der Waals surface area contributed by atoms with Crippen molar-refractivity contribution < 1.29 is 33.8 Å². The van der Waals surface area contributed by atoms with E-state index in [0.717, 1.165) is 11.4 Å². The molecule has 1 unspecified atom stereocenters. The SMILES string of the molecule is CC(=O)OCC1=C(C(=O)O)N2C(=O)C(NC(=O)CC(=O)CSC3=NCCN3)[C@@H]2SC1. The van der Waals surface area contributed by atoms with Crippen molar-refractivity contribution in [2.24, 2.45) is 4.99 Å². The van der Waals surface area contributed by atoms with E-state index in [-0.39, 0.29) is 36.0 Å². The summed E-state index contributed by atoms with van der Waals surface area (Å²) in [5, 5.41) is 15.1. The van der Waals surface area contributed by atoms with E-state index in [2.05, 4.69) is 15.6 Å². The molecule has 0 bridgehead atoms. The molecule has 0 aliphatic carbocycles. The molecular weight excluding hydrogens is 436 g/mol. The van der Waals surface area contributed by atoms with E-state index in [1.54, 1.807) is 0 Å². The molecule has 1 fully saturated rings. The van der Waals surface area contributed by atoms with E-state index in [0.29, 0.717) is 17.3 Å². The third kappa shape index (κ3) is 4.95. The fourth-order valence-electron chi connectivity index (χ4n) is 3.06. The number of carboxylic acids is 1. The van der Waals surface area contributed by atoms with Gasteiger partial charge in [0, 0.05) is 24.8 Å². The number of β-lactam (4-membered cyclic amide) rings is 1. The lowest BCUT2D eigenvalue weighted by Crippen LogP contribution is -2.70. The van der Waals surface area contributed by atoms with Gasteiger partial charge in [0.2, 0.25) is 5.91 Å². The Balaban J connectivity index is 1.55. The summed E-state index contributed by atoms with van der Waals surface area (Å²) in [6, 6.07) is -0.909. The van der Waals surface area contributed by atoms with Crippen LogP contribution in [0.4, 0.5) is 0 Å². The Labute approximate surface area is 180 Å². The maximum atomic E-state index is 12.5. The van der Waals surface area contributed by atoms with Crippen molar-refractivity contribution >= 4 is 58.2 Å². The summed E-state index contributed by atoms with van der Waals surface area (Å²) in [4.78, 5) is 64.5. The van der Waals surface area contributed by atoms with E-state index >= 15 is 0 Å². The highest BCUT2D eigenvalue weighted by molar-refractivity contribution is 8.14. The van der Waals surface area contributed by atoms with Gasteiger partial charge in [-0.2, -0.15) is 0 Å². The minimum atomic E-state index is -1.31. The van der Waals surface area contributed by atoms with Crippen LogP contribution in [-0.2, 0) is 28.7 Å². The second kappa shape index (κ2) is 9.51. The molecule has 1 saturated heterocycles. The zero-order valence-corrected chi connectivity index (χ0v) is 17.6. The highest BCUT2D eigenvalue weighted by Crippen LogP contribution is 2.40. The van der Waals surface area contributed by atoms with Crippen LogP contribution >= 0.6 is 23.5 Å². The van der Waals surface area contributed by atoms with Crippen LogP contribution < -0.4 is 10.6 Å². The molecule has 0 spiro atoms. The summed E-state index contributed by atoms with van der Waals surface area (Å²) in [6.45, 7) is 2.37. The molecule has 3 aliphatic rings. The molecule has 3 rings (SSSR count). The molecule has 3 aliphatic heterocycles. The number of carbonyl (C=O) groups is 5. The van der Waals surface area contributed by atoms with E-state index in [1.165, 1.54) is 30.4 Å². The van der Waals surface area contributed by atoms with E-state index in [9.17, 15) is 29.1 Å². The quantitative estimate of drug-likeness (QED) is 0.234. The summed E-state index contributed by atoms with van der Waals surface area (Å²) in [6.07, 6.45) is -0.374. The summed E-state index contributed by atoms with van der Waals surface area (Å²) in [5.74, 6) is -3.01. The molecule has 162 valence electrons. The molecule has 3 N–H and O–H groups in total. The minimum absolute atomic E-state index is 0.0909. The summed E-state index contributed by atoms with van der Waals surface area (Å²) in [7, 11) is 0. The predicted octanol–water partition coefficient (Wildman–Crippen LogP) is -1.06. The molecule has 0 aromatic heterocycles. The molecule has 13 heteroatoms. The first-order valence-electron chi connectivity index (χ1n) is 9.03. The largest absolute Gasteiger partial charge is 0.477 e. The smallest absolute Gasteiger partial charge is 0.352 e. The number of ether oxygens (including phenoxy) is 1. The van der Waals surface area contributed by atoms with Gasteiger partial charge in [0.1, 0.15) is 23.7 Å². The molecular formula is C17H20N4O7S2. The van der Waals surface area contributed by atoms with Crippen LogP contribution in [0.2, 0.25) is 0 Å². The lowest BCUT2D eigenvalue weighted by atomic mass is 10.0. The maximum Gasteiger partial charge on any atom is 0.352 e. The van der Waals surface area contributed by atoms with Crippen LogP contribution in [0.5, 0.6) is 0 Å². The van der Waals surface area contributed by atoms with Crippen LogP contribution in [0.1, 0.15) is 13.3 Å². The van der Waals surface area contributed by atoms with Crippen LogP contribution in [0.15, 0.2) is 16.3 Å². The summed E-state index contributed by atoms with van der Waals surface area (Å²) < 4.78 is 4.87.